The molecule has 3 nitrogen and oxygen atoms in total. The van der Waals surface area contributed by atoms with Gasteiger partial charge in [0, 0.05) is 24.9 Å². The summed E-state index contributed by atoms with van der Waals surface area (Å²) in [6.07, 6.45) is 3.42. The van der Waals surface area contributed by atoms with Gasteiger partial charge in [-0.1, -0.05) is 12.1 Å². The Morgan fingerprint density at radius 2 is 2.10 bits per heavy atom. The molecule has 0 aromatic heterocycles. The highest BCUT2D eigenvalue weighted by molar-refractivity contribution is 8.00. The van der Waals surface area contributed by atoms with Crippen molar-refractivity contribution >= 4 is 17.7 Å². The van der Waals surface area contributed by atoms with Crippen LogP contribution in [0, 0.1) is 5.82 Å². The number of aliphatic imine (C=N–C) groups is 1. The summed E-state index contributed by atoms with van der Waals surface area (Å²) in [4.78, 5) is 4.25. The molecule has 0 radical (unpaired) electrons. The number of thioether (sulfide) groups is 1. The minimum absolute atomic E-state index is 0.188. The molecular formula is C16H24FN3S. The molecule has 0 spiro atoms. The van der Waals surface area contributed by atoms with Gasteiger partial charge in [0.15, 0.2) is 5.96 Å². The Morgan fingerprint density at radius 1 is 1.33 bits per heavy atom. The maximum atomic E-state index is 12.8. The first-order valence-corrected chi connectivity index (χ1v) is 8.43. The summed E-state index contributed by atoms with van der Waals surface area (Å²) in [5.74, 6) is 1.91. The second kappa shape index (κ2) is 7.69. The zero-order valence-electron chi connectivity index (χ0n) is 12.8. The second-order valence-corrected chi connectivity index (χ2v) is 7.31. The van der Waals surface area contributed by atoms with E-state index in [4.69, 9.17) is 0 Å². The lowest BCUT2D eigenvalue weighted by Crippen LogP contribution is -2.44. The molecule has 1 aliphatic rings. The second-order valence-electron chi connectivity index (χ2n) is 5.63. The first kappa shape index (κ1) is 16.1. The Labute approximate surface area is 130 Å². The highest BCUT2D eigenvalue weighted by Gasteiger charge is 2.29. The minimum Gasteiger partial charge on any atom is -0.356 e. The van der Waals surface area contributed by atoms with Crippen LogP contribution in [0.4, 0.5) is 4.39 Å². The molecule has 1 aromatic rings. The van der Waals surface area contributed by atoms with Crippen LogP contribution in [0.25, 0.3) is 0 Å². The van der Waals surface area contributed by atoms with Crippen LogP contribution in [0.3, 0.4) is 0 Å². The predicted molar refractivity (Wildman–Crippen MR) is 89.6 cm³/mol. The zero-order valence-corrected chi connectivity index (χ0v) is 13.6. The van der Waals surface area contributed by atoms with Crippen molar-refractivity contribution in [2.45, 2.75) is 30.9 Å². The lowest BCUT2D eigenvalue weighted by molar-refractivity contribution is 0.584. The van der Waals surface area contributed by atoms with Gasteiger partial charge in [0.2, 0.25) is 0 Å². The molecule has 0 saturated carbocycles. The topological polar surface area (TPSA) is 36.4 Å². The van der Waals surface area contributed by atoms with Gasteiger partial charge in [-0.2, -0.15) is 11.8 Å². The Bertz CT molecular complexity index is 467. The lowest BCUT2D eigenvalue weighted by atomic mass is 10.1. The molecule has 1 fully saturated rings. The summed E-state index contributed by atoms with van der Waals surface area (Å²) in [7, 11) is 1.79. The Kier molecular flexibility index (Phi) is 5.91. The van der Waals surface area contributed by atoms with E-state index in [9.17, 15) is 4.39 Å². The normalized spacial score (nSPS) is 22.3. The minimum atomic E-state index is -0.188. The van der Waals surface area contributed by atoms with E-state index in [-0.39, 0.29) is 5.82 Å². The Morgan fingerprint density at radius 3 is 2.71 bits per heavy atom. The van der Waals surface area contributed by atoms with Crippen molar-refractivity contribution in [3.63, 3.8) is 0 Å². The fourth-order valence-electron chi connectivity index (χ4n) is 2.44. The third-order valence-electron chi connectivity index (χ3n) is 3.77. The van der Waals surface area contributed by atoms with Gasteiger partial charge in [-0.25, -0.2) is 4.39 Å². The van der Waals surface area contributed by atoms with E-state index in [2.05, 4.69) is 22.5 Å². The van der Waals surface area contributed by atoms with Crippen LogP contribution in [0.1, 0.15) is 25.3 Å². The molecule has 2 N–H and O–H groups in total. The van der Waals surface area contributed by atoms with E-state index in [0.29, 0.717) is 4.75 Å². The average molecular weight is 309 g/mol. The highest BCUT2D eigenvalue weighted by Crippen LogP contribution is 2.36. The van der Waals surface area contributed by atoms with Gasteiger partial charge < -0.3 is 10.6 Å². The van der Waals surface area contributed by atoms with Gasteiger partial charge in [0.25, 0.3) is 0 Å². The number of nitrogens with zero attached hydrogens (tertiary/aromatic N) is 1. The van der Waals surface area contributed by atoms with Gasteiger partial charge in [-0.15, -0.1) is 0 Å². The summed E-state index contributed by atoms with van der Waals surface area (Å²) in [5.41, 5.74) is 1.12. The standard InChI is InChI=1S/C16H24FN3S/c1-16(9-3-11-21-16)12-20-15(18-2)19-10-8-13-4-6-14(17)7-5-13/h4-7H,3,8-12H2,1-2H3,(H2,18,19,20). The number of halogens is 1. The van der Waals surface area contributed by atoms with Gasteiger partial charge in [-0.3, -0.25) is 4.99 Å². The molecule has 1 aliphatic heterocycles. The summed E-state index contributed by atoms with van der Waals surface area (Å²) >= 11 is 2.04. The molecule has 116 valence electrons. The van der Waals surface area contributed by atoms with Crippen LogP contribution < -0.4 is 10.6 Å². The largest absolute Gasteiger partial charge is 0.356 e. The van der Waals surface area contributed by atoms with E-state index in [1.807, 2.05) is 23.9 Å². The monoisotopic (exact) mass is 309 g/mol. The summed E-state index contributed by atoms with van der Waals surface area (Å²) < 4.78 is 13.2. The number of nitrogens with one attached hydrogen (secondary N) is 2. The van der Waals surface area contributed by atoms with E-state index >= 15 is 0 Å². The third-order valence-corrected chi connectivity index (χ3v) is 5.31. The van der Waals surface area contributed by atoms with Crippen molar-refractivity contribution in [2.75, 3.05) is 25.9 Å². The maximum Gasteiger partial charge on any atom is 0.191 e. The molecule has 1 atom stereocenters. The van der Waals surface area contributed by atoms with Crippen LogP contribution in [-0.2, 0) is 6.42 Å². The van der Waals surface area contributed by atoms with E-state index in [1.165, 1.54) is 30.7 Å². The lowest BCUT2D eigenvalue weighted by Gasteiger charge is -2.24. The maximum absolute atomic E-state index is 12.8. The van der Waals surface area contributed by atoms with Crippen molar-refractivity contribution in [3.05, 3.63) is 35.6 Å². The molecular weight excluding hydrogens is 285 g/mol. The van der Waals surface area contributed by atoms with Gasteiger partial charge >= 0.3 is 0 Å². The summed E-state index contributed by atoms with van der Waals surface area (Å²) in [6.45, 7) is 4.03. The molecule has 0 bridgehead atoms. The number of guanidine groups is 1. The first-order valence-electron chi connectivity index (χ1n) is 7.44. The zero-order chi connectivity index (χ0) is 15.1. The van der Waals surface area contributed by atoms with Crippen LogP contribution in [0.2, 0.25) is 0 Å². The Balaban J connectivity index is 1.71. The molecule has 0 amide bonds. The molecule has 0 aliphatic carbocycles. The van der Waals surface area contributed by atoms with Crippen LogP contribution in [0.5, 0.6) is 0 Å². The molecule has 1 saturated heterocycles. The molecule has 5 heteroatoms. The summed E-state index contributed by atoms with van der Waals surface area (Å²) in [5, 5.41) is 6.71. The fourth-order valence-corrected chi connectivity index (χ4v) is 3.69. The van der Waals surface area contributed by atoms with Gasteiger partial charge in [0.05, 0.1) is 0 Å². The fraction of sp³-hybridized carbons (Fsp3) is 0.562. The molecule has 2 rings (SSSR count). The quantitative estimate of drug-likeness (QED) is 0.649. The smallest absolute Gasteiger partial charge is 0.191 e. The van der Waals surface area contributed by atoms with Crippen LogP contribution in [0.15, 0.2) is 29.3 Å². The van der Waals surface area contributed by atoms with Gasteiger partial charge in [0.1, 0.15) is 5.82 Å². The summed E-state index contributed by atoms with van der Waals surface area (Å²) in [6, 6.07) is 6.65. The van der Waals surface area contributed by atoms with Crippen molar-refractivity contribution < 1.29 is 4.39 Å². The number of hydrogen-bond donors (Lipinski definition) is 2. The van der Waals surface area contributed by atoms with E-state index < -0.39 is 0 Å². The van der Waals surface area contributed by atoms with Gasteiger partial charge in [-0.05, 0) is 49.6 Å². The van der Waals surface area contributed by atoms with Crippen molar-refractivity contribution in [1.82, 2.24) is 10.6 Å². The highest BCUT2D eigenvalue weighted by atomic mass is 32.2. The number of benzene rings is 1. The molecule has 21 heavy (non-hydrogen) atoms. The molecule has 1 heterocycles. The van der Waals surface area contributed by atoms with Crippen molar-refractivity contribution in [1.29, 1.82) is 0 Å². The van der Waals surface area contributed by atoms with E-state index in [1.54, 1.807) is 7.05 Å². The number of hydrogen-bond acceptors (Lipinski definition) is 2. The van der Waals surface area contributed by atoms with Crippen LogP contribution >= 0.6 is 11.8 Å². The van der Waals surface area contributed by atoms with Crippen molar-refractivity contribution in [2.24, 2.45) is 4.99 Å². The third kappa shape index (κ3) is 5.23. The SMILES string of the molecule is CN=C(NCCc1ccc(F)cc1)NCC1(C)CCCS1. The molecule has 1 aromatic carbocycles. The molecule has 1 unspecified atom stereocenters. The van der Waals surface area contributed by atoms with Crippen molar-refractivity contribution in [3.8, 4) is 0 Å². The average Bonchev–Trinajstić information content (AvgIpc) is 2.92. The number of rotatable bonds is 5. The van der Waals surface area contributed by atoms with E-state index in [0.717, 1.165) is 31.0 Å². The Hall–Kier alpha value is -1.23. The first-order chi connectivity index (χ1) is 10.1. The predicted octanol–water partition coefficient (Wildman–Crippen LogP) is 2.82. The van der Waals surface area contributed by atoms with Crippen LogP contribution in [-0.4, -0.2) is 36.6 Å².